The number of nitrogens with two attached hydrogens (primary N) is 1. The maximum absolute atomic E-state index is 12.2. The number of benzene rings is 1. The number of carbonyl (C=O) groups excluding carboxylic acids is 1. The van der Waals surface area contributed by atoms with Crippen molar-refractivity contribution in [1.82, 2.24) is 4.98 Å². The first-order valence-corrected chi connectivity index (χ1v) is 6.72. The van der Waals surface area contributed by atoms with E-state index in [1.54, 1.807) is 19.2 Å². The first-order valence-electron chi connectivity index (χ1n) is 6.72. The van der Waals surface area contributed by atoms with Gasteiger partial charge in [0.25, 0.3) is 5.91 Å². The van der Waals surface area contributed by atoms with Gasteiger partial charge in [-0.05, 0) is 37.1 Å². The van der Waals surface area contributed by atoms with Gasteiger partial charge in [-0.25, -0.2) is 0 Å². The van der Waals surface area contributed by atoms with Gasteiger partial charge in [0.1, 0.15) is 0 Å². The van der Waals surface area contributed by atoms with Crippen molar-refractivity contribution in [2.24, 2.45) is 0 Å². The van der Waals surface area contributed by atoms with Crippen LogP contribution in [0.25, 0.3) is 0 Å². The largest absolute Gasteiger partial charge is 0.397 e. The zero-order valence-corrected chi connectivity index (χ0v) is 11.8. The highest BCUT2D eigenvalue weighted by atomic mass is 16.1. The molecule has 2 rings (SSSR count). The topological polar surface area (TPSA) is 68.0 Å². The van der Waals surface area contributed by atoms with Gasteiger partial charge in [0.15, 0.2) is 0 Å². The van der Waals surface area contributed by atoms with Crippen LogP contribution in [-0.2, 0) is 6.42 Å². The standard InChI is InChI=1S/C16H19N3O/c1-3-4-12-5-7-14(8-6-12)19-16(20)15-9-13(17)10-18-11(15)2/h5-10H,3-4,17H2,1-2H3,(H,19,20). The molecule has 104 valence electrons. The van der Waals surface area contributed by atoms with Crippen molar-refractivity contribution in [3.05, 3.63) is 53.3 Å². The highest BCUT2D eigenvalue weighted by Gasteiger charge is 2.10. The van der Waals surface area contributed by atoms with Gasteiger partial charge < -0.3 is 11.1 Å². The fourth-order valence-electron chi connectivity index (χ4n) is 2.02. The Morgan fingerprint density at radius 2 is 2.00 bits per heavy atom. The molecule has 0 saturated heterocycles. The summed E-state index contributed by atoms with van der Waals surface area (Å²) in [5, 5.41) is 2.86. The monoisotopic (exact) mass is 269 g/mol. The van der Waals surface area contributed by atoms with Crippen molar-refractivity contribution < 1.29 is 4.79 Å². The molecular formula is C16H19N3O. The average Bonchev–Trinajstić information content (AvgIpc) is 2.44. The Morgan fingerprint density at radius 1 is 1.30 bits per heavy atom. The van der Waals surface area contributed by atoms with Crippen LogP contribution in [0, 0.1) is 6.92 Å². The van der Waals surface area contributed by atoms with E-state index in [0.717, 1.165) is 18.5 Å². The van der Waals surface area contributed by atoms with Crippen LogP contribution in [0.3, 0.4) is 0 Å². The minimum Gasteiger partial charge on any atom is -0.397 e. The number of hydrogen-bond acceptors (Lipinski definition) is 3. The molecule has 0 fully saturated rings. The van der Waals surface area contributed by atoms with Crippen molar-refractivity contribution in [2.45, 2.75) is 26.7 Å². The van der Waals surface area contributed by atoms with Crippen LogP contribution in [0.4, 0.5) is 11.4 Å². The van der Waals surface area contributed by atoms with Crippen molar-refractivity contribution >= 4 is 17.3 Å². The van der Waals surface area contributed by atoms with Gasteiger partial charge in [-0.2, -0.15) is 0 Å². The van der Waals surface area contributed by atoms with Crippen LogP contribution in [0.5, 0.6) is 0 Å². The Morgan fingerprint density at radius 3 is 2.65 bits per heavy atom. The molecule has 0 aliphatic heterocycles. The van der Waals surface area contributed by atoms with Gasteiger partial charge in [0, 0.05) is 5.69 Å². The fourth-order valence-corrected chi connectivity index (χ4v) is 2.02. The van der Waals surface area contributed by atoms with E-state index in [4.69, 9.17) is 5.73 Å². The number of nitrogens with one attached hydrogen (secondary N) is 1. The molecule has 0 spiro atoms. The summed E-state index contributed by atoms with van der Waals surface area (Å²) in [6, 6.07) is 9.53. The summed E-state index contributed by atoms with van der Waals surface area (Å²) in [5.41, 5.74) is 9.37. The number of aryl methyl sites for hydroxylation is 2. The number of aromatic nitrogens is 1. The van der Waals surface area contributed by atoms with E-state index in [0.29, 0.717) is 16.9 Å². The fraction of sp³-hybridized carbons (Fsp3) is 0.250. The highest BCUT2D eigenvalue weighted by Crippen LogP contribution is 2.15. The Hall–Kier alpha value is -2.36. The predicted molar refractivity (Wildman–Crippen MR) is 81.8 cm³/mol. The lowest BCUT2D eigenvalue weighted by molar-refractivity contribution is 0.102. The van der Waals surface area contributed by atoms with E-state index >= 15 is 0 Å². The highest BCUT2D eigenvalue weighted by molar-refractivity contribution is 6.05. The summed E-state index contributed by atoms with van der Waals surface area (Å²) in [6.07, 6.45) is 3.71. The van der Waals surface area contributed by atoms with Crippen molar-refractivity contribution in [1.29, 1.82) is 0 Å². The number of nitrogen functional groups attached to an aromatic ring is 1. The van der Waals surface area contributed by atoms with Crippen LogP contribution in [0.1, 0.15) is 35.0 Å². The zero-order valence-electron chi connectivity index (χ0n) is 11.8. The second kappa shape index (κ2) is 6.19. The molecule has 3 N–H and O–H groups in total. The minimum atomic E-state index is -0.189. The van der Waals surface area contributed by atoms with E-state index in [1.807, 2.05) is 24.3 Å². The molecule has 1 aromatic heterocycles. The number of pyridine rings is 1. The summed E-state index contributed by atoms with van der Waals surface area (Å²) >= 11 is 0. The molecule has 0 aliphatic rings. The second-order valence-electron chi connectivity index (χ2n) is 4.80. The summed E-state index contributed by atoms with van der Waals surface area (Å²) < 4.78 is 0. The summed E-state index contributed by atoms with van der Waals surface area (Å²) in [6.45, 7) is 3.93. The lowest BCUT2D eigenvalue weighted by Gasteiger charge is -2.08. The number of rotatable bonds is 4. The van der Waals surface area contributed by atoms with Gasteiger partial charge in [0.2, 0.25) is 0 Å². The van der Waals surface area contributed by atoms with Crippen molar-refractivity contribution in [3.63, 3.8) is 0 Å². The Labute approximate surface area is 119 Å². The number of anilines is 2. The van der Waals surface area contributed by atoms with E-state index in [1.165, 1.54) is 5.56 Å². The molecule has 4 heteroatoms. The third-order valence-corrected chi connectivity index (χ3v) is 3.10. The molecule has 2 aromatic rings. The number of carbonyl (C=O) groups is 1. The number of amides is 1. The summed E-state index contributed by atoms with van der Waals surface area (Å²) in [5.74, 6) is -0.189. The third kappa shape index (κ3) is 3.35. The molecule has 0 saturated carbocycles. The molecule has 4 nitrogen and oxygen atoms in total. The van der Waals surface area contributed by atoms with Gasteiger partial charge in [0.05, 0.1) is 23.1 Å². The molecule has 0 aliphatic carbocycles. The smallest absolute Gasteiger partial charge is 0.257 e. The van der Waals surface area contributed by atoms with Crippen LogP contribution < -0.4 is 11.1 Å². The molecule has 1 amide bonds. The molecule has 20 heavy (non-hydrogen) atoms. The lowest BCUT2D eigenvalue weighted by atomic mass is 10.1. The molecule has 0 unspecified atom stereocenters. The van der Waals surface area contributed by atoms with Crippen LogP contribution in [-0.4, -0.2) is 10.9 Å². The maximum Gasteiger partial charge on any atom is 0.257 e. The Kier molecular flexibility index (Phi) is 4.35. The summed E-state index contributed by atoms with van der Waals surface area (Å²) in [7, 11) is 0. The first-order chi connectivity index (χ1) is 9.60. The van der Waals surface area contributed by atoms with E-state index in [2.05, 4.69) is 17.2 Å². The number of nitrogens with zero attached hydrogens (tertiary/aromatic N) is 1. The normalized spacial score (nSPS) is 10.3. The minimum absolute atomic E-state index is 0.189. The Balaban J connectivity index is 2.13. The third-order valence-electron chi connectivity index (χ3n) is 3.10. The molecule has 0 radical (unpaired) electrons. The van der Waals surface area contributed by atoms with E-state index in [-0.39, 0.29) is 5.91 Å². The molecule has 1 heterocycles. The van der Waals surface area contributed by atoms with Crippen LogP contribution in [0.15, 0.2) is 36.5 Å². The maximum atomic E-state index is 12.2. The van der Waals surface area contributed by atoms with Crippen molar-refractivity contribution in [2.75, 3.05) is 11.1 Å². The van der Waals surface area contributed by atoms with Gasteiger partial charge in [-0.3, -0.25) is 9.78 Å². The van der Waals surface area contributed by atoms with E-state index < -0.39 is 0 Å². The molecule has 0 bridgehead atoms. The molecule has 1 aromatic carbocycles. The predicted octanol–water partition coefficient (Wildman–Crippen LogP) is 3.18. The molecular weight excluding hydrogens is 250 g/mol. The SMILES string of the molecule is CCCc1ccc(NC(=O)c2cc(N)cnc2C)cc1. The van der Waals surface area contributed by atoms with Gasteiger partial charge in [-0.1, -0.05) is 25.5 Å². The van der Waals surface area contributed by atoms with Gasteiger partial charge >= 0.3 is 0 Å². The van der Waals surface area contributed by atoms with Crippen LogP contribution >= 0.6 is 0 Å². The number of hydrogen-bond donors (Lipinski definition) is 2. The van der Waals surface area contributed by atoms with E-state index in [9.17, 15) is 4.79 Å². The van der Waals surface area contributed by atoms with Crippen molar-refractivity contribution in [3.8, 4) is 0 Å². The first kappa shape index (κ1) is 14.1. The second-order valence-corrected chi connectivity index (χ2v) is 4.80. The summed E-state index contributed by atoms with van der Waals surface area (Å²) in [4.78, 5) is 16.3. The molecule has 0 atom stereocenters. The Bertz CT molecular complexity index is 606. The zero-order chi connectivity index (χ0) is 14.5. The lowest BCUT2D eigenvalue weighted by Crippen LogP contribution is -2.14. The quantitative estimate of drug-likeness (QED) is 0.895. The van der Waals surface area contributed by atoms with Gasteiger partial charge in [-0.15, -0.1) is 0 Å². The average molecular weight is 269 g/mol. The van der Waals surface area contributed by atoms with Crippen LogP contribution in [0.2, 0.25) is 0 Å².